The summed E-state index contributed by atoms with van der Waals surface area (Å²) in [5.74, 6) is -0.980. The molecule has 0 aromatic heterocycles. The largest absolute Gasteiger partial charge is 0.465 e. The van der Waals surface area contributed by atoms with E-state index in [1.54, 1.807) is 0 Å². The van der Waals surface area contributed by atoms with Crippen molar-refractivity contribution in [3.05, 3.63) is 24.3 Å². The number of unbranched alkanes of at least 4 members (excludes halogenated alkanes) is 12. The number of carbonyl (C=O) groups is 4. The summed E-state index contributed by atoms with van der Waals surface area (Å²) < 4.78 is 23.6. The highest BCUT2D eigenvalue weighted by molar-refractivity contribution is 5.71. The van der Waals surface area contributed by atoms with Gasteiger partial charge in [-0.2, -0.15) is 0 Å². The van der Waals surface area contributed by atoms with E-state index < -0.39 is 11.4 Å². The zero-order valence-corrected chi connectivity index (χ0v) is 40.0. The monoisotopic (exact) mass is 848 g/mol. The van der Waals surface area contributed by atoms with E-state index in [-0.39, 0.29) is 69.0 Å². The average Bonchev–Trinajstić information content (AvgIpc) is 3.23. The molecule has 0 bridgehead atoms. The standard InChI is InChI=1S/C51H93NO8/c1-8-13-18-19-20-21-22-23-24-25-26-27-28-29-30-36-47(53)57-41-51(42-58-48(54)37-31-38-52(6)7,43-59-49(55)39-45(32-14-9-2)33-15-10-3)44-60-50(56)40-46(34-16-11-4)35-17-12-5/h20-21,23-24,45-46H,8-19,22,25-44H2,1-7H3/b21-20-,24-23-. The molecule has 0 unspecified atom stereocenters. The zero-order chi connectivity index (χ0) is 44.5. The number of carbonyl (C=O) groups excluding carboxylic acids is 4. The van der Waals surface area contributed by atoms with Gasteiger partial charge in [0, 0.05) is 25.7 Å². The third-order valence-electron chi connectivity index (χ3n) is 11.2. The van der Waals surface area contributed by atoms with E-state index in [1.807, 2.05) is 19.0 Å². The Morgan fingerprint density at radius 3 is 1.23 bits per heavy atom. The number of nitrogens with zero attached hydrogens (tertiary/aromatic N) is 1. The normalized spacial score (nSPS) is 12.0. The number of rotatable bonds is 42. The van der Waals surface area contributed by atoms with Gasteiger partial charge in [0.25, 0.3) is 0 Å². The van der Waals surface area contributed by atoms with Crippen molar-refractivity contribution in [2.75, 3.05) is 47.1 Å². The summed E-state index contributed by atoms with van der Waals surface area (Å²) in [4.78, 5) is 55.0. The Hall–Kier alpha value is -2.68. The Morgan fingerprint density at radius 2 is 0.817 bits per heavy atom. The van der Waals surface area contributed by atoms with E-state index in [9.17, 15) is 19.2 Å². The van der Waals surface area contributed by atoms with E-state index in [0.29, 0.717) is 25.7 Å². The Labute approximate surface area is 368 Å². The van der Waals surface area contributed by atoms with Crippen LogP contribution in [0.1, 0.15) is 214 Å². The van der Waals surface area contributed by atoms with Crippen LogP contribution in [0, 0.1) is 17.3 Å². The number of esters is 4. The maximum absolute atomic E-state index is 13.4. The molecule has 0 heterocycles. The minimum absolute atomic E-state index is 0.190. The number of hydrogen-bond donors (Lipinski definition) is 0. The van der Waals surface area contributed by atoms with Crippen molar-refractivity contribution < 1.29 is 38.1 Å². The molecule has 0 amide bonds. The van der Waals surface area contributed by atoms with Crippen molar-refractivity contribution in [3.63, 3.8) is 0 Å². The van der Waals surface area contributed by atoms with Crippen LogP contribution in [0.5, 0.6) is 0 Å². The fourth-order valence-corrected chi connectivity index (χ4v) is 7.21. The van der Waals surface area contributed by atoms with Crippen LogP contribution in [0.15, 0.2) is 24.3 Å². The van der Waals surface area contributed by atoms with Gasteiger partial charge in [0.15, 0.2) is 0 Å². The van der Waals surface area contributed by atoms with Crippen molar-refractivity contribution in [2.45, 2.75) is 214 Å². The fraction of sp³-hybridized carbons (Fsp3) is 0.843. The van der Waals surface area contributed by atoms with Crippen molar-refractivity contribution in [1.82, 2.24) is 4.90 Å². The molecule has 0 atom stereocenters. The number of allylic oxidation sites excluding steroid dienone is 4. The van der Waals surface area contributed by atoms with E-state index in [0.717, 1.165) is 122 Å². The predicted octanol–water partition coefficient (Wildman–Crippen LogP) is 13.1. The van der Waals surface area contributed by atoms with E-state index in [1.165, 1.54) is 25.7 Å². The van der Waals surface area contributed by atoms with E-state index in [2.05, 4.69) is 58.9 Å². The molecule has 0 aromatic carbocycles. The fourth-order valence-electron chi connectivity index (χ4n) is 7.21. The molecule has 0 spiro atoms. The van der Waals surface area contributed by atoms with Gasteiger partial charge in [0.05, 0.1) is 0 Å². The third-order valence-corrected chi connectivity index (χ3v) is 11.2. The van der Waals surface area contributed by atoms with Gasteiger partial charge < -0.3 is 23.8 Å². The smallest absolute Gasteiger partial charge is 0.306 e. The lowest BCUT2D eigenvalue weighted by Crippen LogP contribution is -2.44. The van der Waals surface area contributed by atoms with Crippen LogP contribution < -0.4 is 0 Å². The topological polar surface area (TPSA) is 108 Å². The Kier molecular flexibility index (Phi) is 38.6. The maximum Gasteiger partial charge on any atom is 0.306 e. The number of ether oxygens (including phenoxy) is 4. The summed E-state index contributed by atoms with van der Waals surface area (Å²) in [5.41, 5.74) is -1.23. The summed E-state index contributed by atoms with van der Waals surface area (Å²) in [7, 11) is 3.90. The van der Waals surface area contributed by atoms with E-state index >= 15 is 0 Å². The summed E-state index contributed by atoms with van der Waals surface area (Å²) >= 11 is 0. The first-order chi connectivity index (χ1) is 29.0. The second kappa shape index (κ2) is 40.4. The highest BCUT2D eigenvalue weighted by atomic mass is 16.6. The van der Waals surface area contributed by atoms with Gasteiger partial charge >= 0.3 is 23.9 Å². The van der Waals surface area contributed by atoms with E-state index in [4.69, 9.17) is 18.9 Å². The highest BCUT2D eigenvalue weighted by Crippen LogP contribution is 2.26. The molecule has 0 saturated carbocycles. The van der Waals surface area contributed by atoms with Crippen LogP contribution in [0.25, 0.3) is 0 Å². The van der Waals surface area contributed by atoms with Crippen LogP contribution in [0.4, 0.5) is 0 Å². The van der Waals surface area contributed by atoms with Gasteiger partial charge in [-0.3, -0.25) is 19.2 Å². The van der Waals surface area contributed by atoms with Gasteiger partial charge in [-0.05, 0) is 103 Å². The molecule has 0 rings (SSSR count). The first-order valence-electron chi connectivity index (χ1n) is 24.6. The molecule has 0 aliphatic heterocycles. The molecule has 0 radical (unpaired) electrons. The maximum atomic E-state index is 13.4. The second-order valence-corrected chi connectivity index (χ2v) is 17.7. The van der Waals surface area contributed by atoms with Crippen LogP contribution in [0.2, 0.25) is 0 Å². The van der Waals surface area contributed by atoms with Gasteiger partial charge in [-0.25, -0.2) is 0 Å². The van der Waals surface area contributed by atoms with Gasteiger partial charge in [-0.15, -0.1) is 0 Å². The van der Waals surface area contributed by atoms with Gasteiger partial charge in [0.1, 0.15) is 31.8 Å². The molecule has 0 aliphatic carbocycles. The molecule has 0 N–H and O–H groups in total. The highest BCUT2D eigenvalue weighted by Gasteiger charge is 2.38. The van der Waals surface area contributed by atoms with Crippen LogP contribution in [-0.2, 0) is 38.1 Å². The molecule has 350 valence electrons. The average molecular weight is 848 g/mol. The SMILES string of the molecule is CCCCC/C=C\C/C=C\CCCCCCCC(=O)OCC(COC(=O)CCCN(C)C)(COC(=O)CC(CCCC)CCCC)COC(=O)CC(CCCC)CCCC. The van der Waals surface area contributed by atoms with Gasteiger partial charge in [0.2, 0.25) is 0 Å². The molecule has 0 aromatic rings. The van der Waals surface area contributed by atoms with Crippen molar-refractivity contribution in [2.24, 2.45) is 17.3 Å². The molecule has 0 fully saturated rings. The molecular formula is C51H93NO8. The molecule has 9 heteroatoms. The minimum atomic E-state index is -1.23. The lowest BCUT2D eigenvalue weighted by Gasteiger charge is -2.32. The summed E-state index contributed by atoms with van der Waals surface area (Å²) in [6, 6.07) is 0. The first kappa shape index (κ1) is 57.3. The zero-order valence-electron chi connectivity index (χ0n) is 40.0. The lowest BCUT2D eigenvalue weighted by molar-refractivity contribution is -0.171. The summed E-state index contributed by atoms with van der Waals surface area (Å²) in [6.07, 6.45) is 35.0. The van der Waals surface area contributed by atoms with Crippen LogP contribution in [0.3, 0.4) is 0 Å². The van der Waals surface area contributed by atoms with Gasteiger partial charge in [-0.1, -0.05) is 142 Å². The lowest BCUT2D eigenvalue weighted by atomic mass is 9.91. The second-order valence-electron chi connectivity index (χ2n) is 17.7. The minimum Gasteiger partial charge on any atom is -0.465 e. The van der Waals surface area contributed by atoms with Crippen LogP contribution >= 0.6 is 0 Å². The quantitative estimate of drug-likeness (QED) is 0.0257. The molecular weight excluding hydrogens is 755 g/mol. The van der Waals surface area contributed by atoms with Crippen molar-refractivity contribution >= 4 is 23.9 Å². The summed E-state index contributed by atoms with van der Waals surface area (Å²) in [6.45, 7) is 10.8. The van der Waals surface area contributed by atoms with Crippen molar-refractivity contribution in [1.29, 1.82) is 0 Å². The Bertz CT molecular complexity index is 1060. The molecule has 9 nitrogen and oxygen atoms in total. The third kappa shape index (κ3) is 35.0. The Balaban J connectivity index is 5.72. The number of hydrogen-bond acceptors (Lipinski definition) is 9. The molecule has 60 heavy (non-hydrogen) atoms. The molecule has 0 saturated heterocycles. The van der Waals surface area contributed by atoms with Crippen LogP contribution in [-0.4, -0.2) is 75.8 Å². The Morgan fingerprint density at radius 1 is 0.450 bits per heavy atom. The predicted molar refractivity (Wildman–Crippen MR) is 248 cm³/mol. The van der Waals surface area contributed by atoms with Crippen molar-refractivity contribution in [3.8, 4) is 0 Å². The summed E-state index contributed by atoms with van der Waals surface area (Å²) in [5, 5.41) is 0. The molecule has 0 aliphatic rings. The first-order valence-corrected chi connectivity index (χ1v) is 24.6.